The third kappa shape index (κ3) is 3.98. The van der Waals surface area contributed by atoms with Gasteiger partial charge in [0.1, 0.15) is 11.3 Å². The molecule has 3 heterocycles. The van der Waals surface area contributed by atoms with Crippen LogP contribution < -0.4 is 10.6 Å². The molecule has 3 aromatic heterocycles. The summed E-state index contributed by atoms with van der Waals surface area (Å²) in [5.41, 5.74) is 4.15. The van der Waals surface area contributed by atoms with Gasteiger partial charge in [-0.15, -0.1) is 0 Å². The molecule has 0 unspecified atom stereocenters. The number of hydrogen-bond acceptors (Lipinski definition) is 4. The number of fused-ring (bicyclic) bond motifs is 1. The van der Waals surface area contributed by atoms with Gasteiger partial charge in [0.2, 0.25) is 0 Å². The van der Waals surface area contributed by atoms with E-state index in [1.165, 1.54) is 6.20 Å². The maximum atomic E-state index is 12.8. The standard InChI is InChI=1S/C22H19N5O2/c1-15-7-8-16(12-25-21(28)17-5-4-9-23-13-17)11-18(15)26-22(29)19-14-24-20-6-2-3-10-27(19)20/h2-11,13-14H,12H2,1H3,(H,25,28)(H,26,29). The molecule has 1 aromatic carbocycles. The summed E-state index contributed by atoms with van der Waals surface area (Å²) >= 11 is 0. The van der Waals surface area contributed by atoms with Crippen LogP contribution in [-0.4, -0.2) is 26.2 Å². The van der Waals surface area contributed by atoms with Crippen molar-refractivity contribution in [1.29, 1.82) is 0 Å². The molecule has 0 bridgehead atoms. The Bertz CT molecular complexity index is 1180. The van der Waals surface area contributed by atoms with E-state index in [4.69, 9.17) is 0 Å². The zero-order chi connectivity index (χ0) is 20.2. The molecule has 0 fully saturated rings. The summed E-state index contributed by atoms with van der Waals surface area (Å²) in [5.74, 6) is -0.446. The van der Waals surface area contributed by atoms with Crippen LogP contribution in [-0.2, 0) is 6.54 Å². The number of anilines is 1. The van der Waals surface area contributed by atoms with Crippen molar-refractivity contribution >= 4 is 23.1 Å². The van der Waals surface area contributed by atoms with E-state index in [0.717, 1.165) is 11.1 Å². The molecule has 2 N–H and O–H groups in total. The first-order valence-corrected chi connectivity index (χ1v) is 9.13. The van der Waals surface area contributed by atoms with Crippen molar-refractivity contribution in [2.45, 2.75) is 13.5 Å². The Labute approximate surface area is 167 Å². The Morgan fingerprint density at radius 2 is 1.93 bits per heavy atom. The number of amides is 2. The third-order valence-electron chi connectivity index (χ3n) is 4.58. The van der Waals surface area contributed by atoms with Crippen LogP contribution in [0.1, 0.15) is 32.0 Å². The first-order chi connectivity index (χ1) is 14.1. The SMILES string of the molecule is Cc1ccc(CNC(=O)c2cccnc2)cc1NC(=O)c1cnc2ccccn12. The minimum Gasteiger partial charge on any atom is -0.348 e. The van der Waals surface area contributed by atoms with E-state index in [2.05, 4.69) is 20.6 Å². The lowest BCUT2D eigenvalue weighted by molar-refractivity contribution is 0.0949. The predicted molar refractivity (Wildman–Crippen MR) is 110 cm³/mol. The number of benzene rings is 1. The van der Waals surface area contributed by atoms with E-state index in [1.54, 1.807) is 35.1 Å². The molecule has 2 amide bonds. The number of imidazole rings is 1. The minimum atomic E-state index is -0.247. The molecule has 0 saturated heterocycles. The molecule has 144 valence electrons. The highest BCUT2D eigenvalue weighted by atomic mass is 16.2. The fraction of sp³-hybridized carbons (Fsp3) is 0.0909. The van der Waals surface area contributed by atoms with Crippen LogP contribution in [0.25, 0.3) is 5.65 Å². The van der Waals surface area contributed by atoms with Crippen LogP contribution in [0.15, 0.2) is 73.3 Å². The number of nitrogens with zero attached hydrogens (tertiary/aromatic N) is 3. The average Bonchev–Trinajstić information content (AvgIpc) is 3.19. The van der Waals surface area contributed by atoms with Crippen molar-refractivity contribution in [1.82, 2.24) is 19.7 Å². The summed E-state index contributed by atoms with van der Waals surface area (Å²) in [6, 6.07) is 14.7. The van der Waals surface area contributed by atoms with Gasteiger partial charge >= 0.3 is 0 Å². The van der Waals surface area contributed by atoms with E-state index >= 15 is 0 Å². The number of aryl methyl sites for hydroxylation is 1. The molecule has 0 aliphatic rings. The number of aromatic nitrogens is 3. The van der Waals surface area contributed by atoms with Crippen molar-refractivity contribution in [2.75, 3.05) is 5.32 Å². The molecule has 0 aliphatic carbocycles. The zero-order valence-corrected chi connectivity index (χ0v) is 15.8. The molecule has 0 saturated carbocycles. The lowest BCUT2D eigenvalue weighted by atomic mass is 10.1. The molecule has 4 rings (SSSR count). The molecule has 7 heteroatoms. The maximum absolute atomic E-state index is 12.8. The van der Waals surface area contributed by atoms with Crippen molar-refractivity contribution < 1.29 is 9.59 Å². The Hall–Kier alpha value is -4.00. The number of carbonyl (C=O) groups is 2. The summed E-state index contributed by atoms with van der Waals surface area (Å²) in [4.78, 5) is 33.2. The van der Waals surface area contributed by atoms with Crippen molar-refractivity contribution in [3.8, 4) is 0 Å². The topological polar surface area (TPSA) is 88.4 Å². The van der Waals surface area contributed by atoms with Gasteiger partial charge in [-0.05, 0) is 48.4 Å². The highest BCUT2D eigenvalue weighted by Crippen LogP contribution is 2.18. The molecule has 7 nitrogen and oxygen atoms in total. The van der Waals surface area contributed by atoms with Crippen LogP contribution in [0.3, 0.4) is 0 Å². The van der Waals surface area contributed by atoms with Crippen LogP contribution in [0.5, 0.6) is 0 Å². The van der Waals surface area contributed by atoms with Gasteiger partial charge in [-0.2, -0.15) is 0 Å². The highest BCUT2D eigenvalue weighted by Gasteiger charge is 2.13. The number of pyridine rings is 2. The lowest BCUT2D eigenvalue weighted by Crippen LogP contribution is -2.23. The molecule has 0 aliphatic heterocycles. The van der Waals surface area contributed by atoms with Gasteiger partial charge in [0, 0.05) is 30.8 Å². The first kappa shape index (κ1) is 18.4. The number of nitrogens with one attached hydrogen (secondary N) is 2. The van der Waals surface area contributed by atoms with Gasteiger partial charge in [-0.25, -0.2) is 4.98 Å². The number of rotatable bonds is 5. The summed E-state index contributed by atoms with van der Waals surface area (Å²) in [6.45, 7) is 2.26. The molecular formula is C22H19N5O2. The van der Waals surface area contributed by atoms with Gasteiger partial charge in [0.05, 0.1) is 11.8 Å². The Balaban J connectivity index is 1.48. The number of carbonyl (C=O) groups excluding carboxylic acids is 2. The van der Waals surface area contributed by atoms with Crippen LogP contribution in [0.2, 0.25) is 0 Å². The Kier molecular flexibility index (Phi) is 5.03. The van der Waals surface area contributed by atoms with Crippen molar-refractivity contribution in [3.05, 3.63) is 95.7 Å². The second kappa shape index (κ2) is 7.93. The molecule has 4 aromatic rings. The van der Waals surface area contributed by atoms with Crippen LogP contribution >= 0.6 is 0 Å². The molecular weight excluding hydrogens is 366 g/mol. The van der Waals surface area contributed by atoms with E-state index in [0.29, 0.717) is 29.1 Å². The fourth-order valence-corrected chi connectivity index (χ4v) is 2.98. The summed E-state index contributed by atoms with van der Waals surface area (Å²) in [7, 11) is 0. The Morgan fingerprint density at radius 1 is 1.03 bits per heavy atom. The molecule has 0 atom stereocenters. The summed E-state index contributed by atoms with van der Waals surface area (Å²) < 4.78 is 1.74. The maximum Gasteiger partial charge on any atom is 0.274 e. The summed E-state index contributed by atoms with van der Waals surface area (Å²) in [5, 5.41) is 5.80. The van der Waals surface area contributed by atoms with Crippen molar-refractivity contribution in [2.24, 2.45) is 0 Å². The second-order valence-corrected chi connectivity index (χ2v) is 6.60. The second-order valence-electron chi connectivity index (χ2n) is 6.60. The lowest BCUT2D eigenvalue weighted by Gasteiger charge is -2.11. The van der Waals surface area contributed by atoms with E-state index < -0.39 is 0 Å². The molecule has 0 radical (unpaired) electrons. The van der Waals surface area contributed by atoms with Gasteiger partial charge in [-0.1, -0.05) is 18.2 Å². The monoisotopic (exact) mass is 385 g/mol. The molecule has 29 heavy (non-hydrogen) atoms. The normalized spacial score (nSPS) is 10.7. The van der Waals surface area contributed by atoms with Gasteiger partial charge in [0.25, 0.3) is 11.8 Å². The fourth-order valence-electron chi connectivity index (χ4n) is 2.98. The number of hydrogen-bond donors (Lipinski definition) is 2. The zero-order valence-electron chi connectivity index (χ0n) is 15.8. The predicted octanol–water partition coefficient (Wildman–Crippen LogP) is 3.22. The van der Waals surface area contributed by atoms with Crippen LogP contribution in [0.4, 0.5) is 5.69 Å². The van der Waals surface area contributed by atoms with E-state index in [1.807, 2.05) is 43.3 Å². The van der Waals surface area contributed by atoms with Crippen molar-refractivity contribution in [3.63, 3.8) is 0 Å². The van der Waals surface area contributed by atoms with Crippen LogP contribution in [0, 0.1) is 6.92 Å². The quantitative estimate of drug-likeness (QED) is 0.552. The first-order valence-electron chi connectivity index (χ1n) is 9.13. The Morgan fingerprint density at radius 3 is 2.76 bits per heavy atom. The summed E-state index contributed by atoms with van der Waals surface area (Å²) in [6.07, 6.45) is 6.49. The average molecular weight is 385 g/mol. The third-order valence-corrected chi connectivity index (χ3v) is 4.58. The van der Waals surface area contributed by atoms with Gasteiger partial charge in [-0.3, -0.25) is 19.0 Å². The molecule has 0 spiro atoms. The van der Waals surface area contributed by atoms with E-state index in [-0.39, 0.29) is 11.8 Å². The smallest absolute Gasteiger partial charge is 0.274 e. The van der Waals surface area contributed by atoms with E-state index in [9.17, 15) is 9.59 Å². The van der Waals surface area contributed by atoms with Gasteiger partial charge in [0.15, 0.2) is 0 Å². The van der Waals surface area contributed by atoms with Gasteiger partial charge < -0.3 is 10.6 Å². The minimum absolute atomic E-state index is 0.199. The highest BCUT2D eigenvalue weighted by molar-refractivity contribution is 6.04. The largest absolute Gasteiger partial charge is 0.348 e.